The van der Waals surface area contributed by atoms with E-state index in [1.807, 2.05) is 31.3 Å². The van der Waals surface area contributed by atoms with E-state index in [1.54, 1.807) is 42.5 Å². The topological polar surface area (TPSA) is 88.1 Å². The highest BCUT2D eigenvalue weighted by Gasteiger charge is 2.23. The molecule has 0 saturated heterocycles. The number of hydrogen-bond donors (Lipinski definition) is 2. The molecule has 3 aromatic rings. The number of likely N-dealkylation sites (N-methyl/N-ethyl adjacent to an activating group) is 1. The lowest BCUT2D eigenvalue weighted by molar-refractivity contribution is -0.136. The highest BCUT2D eigenvalue weighted by molar-refractivity contribution is 6.34. The van der Waals surface area contributed by atoms with Crippen molar-refractivity contribution in [1.29, 1.82) is 0 Å². The first-order chi connectivity index (χ1) is 15.9. The zero-order valence-electron chi connectivity index (χ0n) is 18.0. The van der Waals surface area contributed by atoms with Crippen LogP contribution in [-0.4, -0.2) is 43.3 Å². The Balaban J connectivity index is 1.37. The lowest BCUT2D eigenvalue weighted by Crippen LogP contribution is -2.41. The van der Waals surface area contributed by atoms with Crippen LogP contribution < -0.4 is 19.7 Å². The number of para-hydroxylation sites is 2. The highest BCUT2D eigenvalue weighted by Crippen LogP contribution is 2.32. The number of carboxylic acids is 1. The van der Waals surface area contributed by atoms with E-state index in [9.17, 15) is 9.59 Å². The van der Waals surface area contributed by atoms with Crippen molar-refractivity contribution in [3.05, 3.63) is 82.9 Å². The average molecular weight is 467 g/mol. The minimum absolute atomic E-state index is 0.122. The lowest BCUT2D eigenvalue weighted by Gasteiger charge is -2.33. The van der Waals surface area contributed by atoms with Gasteiger partial charge in [-0.05, 0) is 48.0 Å². The van der Waals surface area contributed by atoms with Crippen molar-refractivity contribution >= 4 is 34.9 Å². The summed E-state index contributed by atoms with van der Waals surface area (Å²) in [4.78, 5) is 25.7. The molecule has 1 heterocycles. The van der Waals surface area contributed by atoms with Gasteiger partial charge in [0.25, 0.3) is 5.91 Å². The normalized spacial score (nSPS) is 14.7. The SMILES string of the molecule is CN1C[C@@H](COc2ccc(C(=O)Nc3cccc(CC(=O)O)c3)c(Cl)c2)Oc2ccccc21. The highest BCUT2D eigenvalue weighted by atomic mass is 35.5. The third-order valence-corrected chi connectivity index (χ3v) is 5.52. The molecular formula is C25H23ClN2O5. The maximum atomic E-state index is 12.7. The Morgan fingerprint density at radius 2 is 1.97 bits per heavy atom. The summed E-state index contributed by atoms with van der Waals surface area (Å²) in [6, 6.07) is 19.4. The summed E-state index contributed by atoms with van der Waals surface area (Å²) in [5, 5.41) is 11.9. The molecule has 1 atom stereocenters. The molecule has 2 N–H and O–H groups in total. The van der Waals surface area contributed by atoms with Crippen molar-refractivity contribution < 1.29 is 24.2 Å². The van der Waals surface area contributed by atoms with Gasteiger partial charge < -0.3 is 24.8 Å². The van der Waals surface area contributed by atoms with Gasteiger partial charge in [-0.3, -0.25) is 9.59 Å². The van der Waals surface area contributed by atoms with Gasteiger partial charge in [-0.15, -0.1) is 0 Å². The number of carbonyl (C=O) groups excluding carboxylic acids is 1. The van der Waals surface area contributed by atoms with Gasteiger partial charge in [-0.25, -0.2) is 0 Å². The molecule has 0 aromatic heterocycles. The standard InChI is InChI=1S/C25H23ClN2O5/c1-28-14-19(33-23-8-3-2-7-22(23)28)15-32-18-9-10-20(21(26)13-18)25(31)27-17-6-4-5-16(11-17)12-24(29)30/h2-11,13,19H,12,14-15H2,1H3,(H,27,31)(H,29,30)/t19-/m0/s1. The number of nitrogens with zero attached hydrogens (tertiary/aromatic N) is 1. The average Bonchev–Trinajstić information content (AvgIpc) is 2.77. The van der Waals surface area contributed by atoms with E-state index in [4.69, 9.17) is 26.2 Å². The van der Waals surface area contributed by atoms with Crippen LogP contribution in [0.2, 0.25) is 5.02 Å². The smallest absolute Gasteiger partial charge is 0.307 e. The van der Waals surface area contributed by atoms with Crippen LogP contribution in [0.4, 0.5) is 11.4 Å². The van der Waals surface area contributed by atoms with Crippen molar-refractivity contribution in [2.75, 3.05) is 30.4 Å². The first kappa shape index (κ1) is 22.5. The molecule has 0 bridgehead atoms. The quantitative estimate of drug-likeness (QED) is 0.533. The van der Waals surface area contributed by atoms with E-state index in [0.717, 1.165) is 11.4 Å². The number of ether oxygens (including phenoxy) is 2. The van der Waals surface area contributed by atoms with E-state index >= 15 is 0 Å². The largest absolute Gasteiger partial charge is 0.490 e. The van der Waals surface area contributed by atoms with E-state index in [1.165, 1.54) is 0 Å². The number of benzene rings is 3. The number of rotatable bonds is 7. The van der Waals surface area contributed by atoms with Crippen molar-refractivity contribution in [3.8, 4) is 11.5 Å². The van der Waals surface area contributed by atoms with E-state index in [-0.39, 0.29) is 23.1 Å². The second-order valence-electron chi connectivity index (χ2n) is 7.77. The fourth-order valence-electron chi connectivity index (χ4n) is 3.67. The van der Waals surface area contributed by atoms with Crippen molar-refractivity contribution in [1.82, 2.24) is 0 Å². The van der Waals surface area contributed by atoms with Crippen LogP contribution in [0, 0.1) is 0 Å². The molecule has 170 valence electrons. The molecule has 3 aromatic carbocycles. The monoisotopic (exact) mass is 466 g/mol. The fraction of sp³-hybridized carbons (Fsp3) is 0.200. The second kappa shape index (κ2) is 9.83. The fourth-order valence-corrected chi connectivity index (χ4v) is 3.93. The van der Waals surface area contributed by atoms with Crippen LogP contribution in [0.25, 0.3) is 0 Å². The van der Waals surface area contributed by atoms with Gasteiger partial charge in [0.15, 0.2) is 0 Å². The summed E-state index contributed by atoms with van der Waals surface area (Å²) < 4.78 is 11.9. The molecular weight excluding hydrogens is 444 g/mol. The van der Waals surface area contributed by atoms with E-state index < -0.39 is 11.9 Å². The summed E-state index contributed by atoms with van der Waals surface area (Å²) in [5.41, 5.74) is 2.42. The number of nitrogens with one attached hydrogen (secondary N) is 1. The third-order valence-electron chi connectivity index (χ3n) is 5.21. The summed E-state index contributed by atoms with van der Waals surface area (Å²) in [7, 11) is 2.01. The van der Waals surface area contributed by atoms with Crippen LogP contribution in [0.1, 0.15) is 15.9 Å². The molecule has 0 fully saturated rings. The summed E-state index contributed by atoms with van der Waals surface area (Å²) in [6.45, 7) is 1.02. The Labute approximate surface area is 196 Å². The van der Waals surface area contributed by atoms with Crippen LogP contribution in [-0.2, 0) is 11.2 Å². The third kappa shape index (κ3) is 5.56. The van der Waals surface area contributed by atoms with Crippen LogP contribution in [0.3, 0.4) is 0 Å². The van der Waals surface area contributed by atoms with Crippen LogP contribution >= 0.6 is 11.6 Å². The number of halogens is 1. The molecule has 0 spiro atoms. The van der Waals surface area contributed by atoms with Crippen molar-refractivity contribution in [2.45, 2.75) is 12.5 Å². The number of fused-ring (bicyclic) bond motifs is 1. The lowest BCUT2D eigenvalue weighted by atomic mass is 10.1. The Morgan fingerprint density at radius 1 is 1.15 bits per heavy atom. The second-order valence-corrected chi connectivity index (χ2v) is 8.17. The van der Waals surface area contributed by atoms with Gasteiger partial charge in [0.1, 0.15) is 24.2 Å². The number of amides is 1. The van der Waals surface area contributed by atoms with Gasteiger partial charge >= 0.3 is 5.97 Å². The number of hydrogen-bond acceptors (Lipinski definition) is 5. The molecule has 0 saturated carbocycles. The minimum atomic E-state index is -0.938. The Kier molecular flexibility index (Phi) is 6.70. The number of anilines is 2. The molecule has 8 heteroatoms. The van der Waals surface area contributed by atoms with Crippen LogP contribution in [0.5, 0.6) is 11.5 Å². The Morgan fingerprint density at radius 3 is 2.76 bits per heavy atom. The number of aliphatic carboxylic acids is 1. The van der Waals surface area contributed by atoms with Gasteiger partial charge in [0.05, 0.1) is 29.2 Å². The van der Waals surface area contributed by atoms with E-state index in [2.05, 4.69) is 10.2 Å². The van der Waals surface area contributed by atoms with Gasteiger partial charge in [-0.1, -0.05) is 35.9 Å². The molecule has 1 aliphatic rings. The van der Waals surface area contributed by atoms with Gasteiger partial charge in [-0.2, -0.15) is 0 Å². The first-order valence-electron chi connectivity index (χ1n) is 10.4. The minimum Gasteiger partial charge on any atom is -0.490 e. The molecule has 0 radical (unpaired) electrons. The Hall–Kier alpha value is -3.71. The number of carboxylic acid groups (broad SMARTS) is 1. The zero-order valence-corrected chi connectivity index (χ0v) is 18.7. The molecule has 0 aliphatic carbocycles. The molecule has 7 nitrogen and oxygen atoms in total. The molecule has 0 unspecified atom stereocenters. The predicted octanol–water partition coefficient (Wildman–Crippen LogP) is 4.50. The summed E-state index contributed by atoms with van der Waals surface area (Å²) in [6.07, 6.45) is -0.271. The molecule has 1 aliphatic heterocycles. The predicted molar refractivity (Wildman–Crippen MR) is 127 cm³/mol. The van der Waals surface area contributed by atoms with E-state index in [0.29, 0.717) is 30.2 Å². The maximum absolute atomic E-state index is 12.7. The number of carbonyl (C=O) groups is 2. The maximum Gasteiger partial charge on any atom is 0.307 e. The zero-order chi connectivity index (χ0) is 23.4. The summed E-state index contributed by atoms with van der Waals surface area (Å²) in [5.74, 6) is 0.0157. The van der Waals surface area contributed by atoms with Gasteiger partial charge in [0.2, 0.25) is 0 Å². The van der Waals surface area contributed by atoms with Gasteiger partial charge in [0, 0.05) is 12.7 Å². The molecule has 4 rings (SSSR count). The Bertz CT molecular complexity index is 1180. The van der Waals surface area contributed by atoms with Crippen molar-refractivity contribution in [2.24, 2.45) is 0 Å². The van der Waals surface area contributed by atoms with Crippen molar-refractivity contribution in [3.63, 3.8) is 0 Å². The molecule has 33 heavy (non-hydrogen) atoms. The first-order valence-corrected chi connectivity index (χ1v) is 10.8. The molecule has 1 amide bonds. The van der Waals surface area contributed by atoms with Crippen LogP contribution in [0.15, 0.2) is 66.7 Å². The summed E-state index contributed by atoms with van der Waals surface area (Å²) >= 11 is 6.34.